The molecule has 0 aromatic rings. The van der Waals surface area contributed by atoms with E-state index in [2.05, 4.69) is 26.1 Å². The van der Waals surface area contributed by atoms with Gasteiger partial charge in [0.05, 0.1) is 5.60 Å². The molecule has 1 aliphatic heterocycles. The molecule has 2 fully saturated rings. The molecular formula is C15H29NO. The van der Waals surface area contributed by atoms with Crippen molar-refractivity contribution in [2.24, 2.45) is 11.3 Å². The molecule has 2 heteroatoms. The monoisotopic (exact) mass is 239 g/mol. The highest BCUT2D eigenvalue weighted by Gasteiger charge is 2.45. The van der Waals surface area contributed by atoms with Crippen molar-refractivity contribution in [1.82, 2.24) is 5.32 Å². The second kappa shape index (κ2) is 4.89. The predicted octanol–water partition coefficient (Wildman–Crippen LogP) is 3.10. The first-order chi connectivity index (χ1) is 7.95. The third-order valence-electron chi connectivity index (χ3n) is 4.99. The molecule has 2 rings (SSSR count). The molecular weight excluding hydrogens is 210 g/mol. The molecule has 2 nitrogen and oxygen atoms in total. The zero-order chi connectivity index (χ0) is 12.5. The summed E-state index contributed by atoms with van der Waals surface area (Å²) < 4.78 is 0. The van der Waals surface area contributed by atoms with Gasteiger partial charge in [-0.3, -0.25) is 0 Å². The summed E-state index contributed by atoms with van der Waals surface area (Å²) in [6.07, 6.45) is 8.11. The standard InChI is InChI=1S/C15H29NO/c1-4-12-6-9-16-13(10-12)15(17)8-5-7-14(2,3)11-15/h12-13,16-17H,4-11H2,1-3H3. The molecule has 3 unspecified atom stereocenters. The van der Waals surface area contributed by atoms with E-state index >= 15 is 0 Å². The highest BCUT2D eigenvalue weighted by molar-refractivity contribution is 5.00. The van der Waals surface area contributed by atoms with Crippen LogP contribution < -0.4 is 5.32 Å². The Morgan fingerprint density at radius 3 is 2.71 bits per heavy atom. The van der Waals surface area contributed by atoms with Gasteiger partial charge in [-0.05, 0) is 56.4 Å². The van der Waals surface area contributed by atoms with E-state index < -0.39 is 5.60 Å². The van der Waals surface area contributed by atoms with Crippen LogP contribution in [0.25, 0.3) is 0 Å². The number of aliphatic hydroxyl groups is 1. The molecule has 3 atom stereocenters. The molecule has 0 spiro atoms. The SMILES string of the molecule is CCC1CCNC(C2(O)CCCC(C)(C)C2)C1. The van der Waals surface area contributed by atoms with Crippen LogP contribution in [-0.2, 0) is 0 Å². The first kappa shape index (κ1) is 13.4. The Labute approximate surface area is 106 Å². The summed E-state index contributed by atoms with van der Waals surface area (Å²) in [5.74, 6) is 0.815. The van der Waals surface area contributed by atoms with E-state index in [1.54, 1.807) is 0 Å². The molecule has 1 aliphatic carbocycles. The lowest BCUT2D eigenvalue weighted by Crippen LogP contribution is -2.57. The topological polar surface area (TPSA) is 32.3 Å². The summed E-state index contributed by atoms with van der Waals surface area (Å²) in [4.78, 5) is 0. The second-order valence-electron chi connectivity index (χ2n) is 7.10. The lowest BCUT2D eigenvalue weighted by molar-refractivity contribution is -0.0767. The Bertz CT molecular complexity index is 264. The van der Waals surface area contributed by atoms with Crippen LogP contribution in [0.5, 0.6) is 0 Å². The third-order valence-corrected chi connectivity index (χ3v) is 4.99. The maximum atomic E-state index is 11.0. The fourth-order valence-electron chi connectivity index (χ4n) is 3.95. The molecule has 1 saturated heterocycles. The van der Waals surface area contributed by atoms with Crippen LogP contribution in [0.2, 0.25) is 0 Å². The number of piperidine rings is 1. The van der Waals surface area contributed by atoms with Crippen molar-refractivity contribution in [3.63, 3.8) is 0 Å². The largest absolute Gasteiger partial charge is 0.388 e. The Balaban J connectivity index is 2.04. The van der Waals surface area contributed by atoms with E-state index in [0.717, 1.165) is 25.3 Å². The highest BCUT2D eigenvalue weighted by Crippen LogP contribution is 2.44. The van der Waals surface area contributed by atoms with Gasteiger partial charge in [0.1, 0.15) is 0 Å². The summed E-state index contributed by atoms with van der Waals surface area (Å²) in [7, 11) is 0. The molecule has 17 heavy (non-hydrogen) atoms. The lowest BCUT2D eigenvalue weighted by atomic mass is 9.65. The van der Waals surface area contributed by atoms with Gasteiger partial charge in [-0.2, -0.15) is 0 Å². The minimum Gasteiger partial charge on any atom is -0.388 e. The minimum absolute atomic E-state index is 0.313. The van der Waals surface area contributed by atoms with Gasteiger partial charge in [0.2, 0.25) is 0 Å². The molecule has 1 heterocycles. The molecule has 0 amide bonds. The number of hydrogen-bond acceptors (Lipinski definition) is 2. The Morgan fingerprint density at radius 1 is 1.29 bits per heavy atom. The highest BCUT2D eigenvalue weighted by atomic mass is 16.3. The first-order valence-electron chi connectivity index (χ1n) is 7.41. The van der Waals surface area contributed by atoms with Gasteiger partial charge in [0, 0.05) is 6.04 Å². The van der Waals surface area contributed by atoms with E-state index in [9.17, 15) is 5.11 Å². The predicted molar refractivity (Wildman–Crippen MR) is 72.0 cm³/mol. The number of nitrogens with one attached hydrogen (secondary N) is 1. The van der Waals surface area contributed by atoms with Crippen LogP contribution in [0, 0.1) is 11.3 Å². The Hall–Kier alpha value is -0.0800. The maximum absolute atomic E-state index is 11.0. The van der Waals surface area contributed by atoms with E-state index in [-0.39, 0.29) is 0 Å². The summed E-state index contributed by atoms with van der Waals surface area (Å²) in [5, 5.41) is 14.6. The van der Waals surface area contributed by atoms with Crippen LogP contribution in [-0.4, -0.2) is 23.3 Å². The van der Waals surface area contributed by atoms with Crippen LogP contribution in [0.4, 0.5) is 0 Å². The first-order valence-corrected chi connectivity index (χ1v) is 7.41. The van der Waals surface area contributed by atoms with Crippen LogP contribution in [0.15, 0.2) is 0 Å². The molecule has 1 saturated carbocycles. The van der Waals surface area contributed by atoms with Crippen molar-refractivity contribution in [2.45, 2.75) is 77.4 Å². The fraction of sp³-hybridized carbons (Fsp3) is 1.00. The van der Waals surface area contributed by atoms with Gasteiger partial charge < -0.3 is 10.4 Å². The van der Waals surface area contributed by atoms with Crippen LogP contribution in [0.1, 0.15) is 65.7 Å². The molecule has 2 aliphatic rings. The van der Waals surface area contributed by atoms with E-state index in [4.69, 9.17) is 0 Å². The van der Waals surface area contributed by atoms with Crippen molar-refractivity contribution < 1.29 is 5.11 Å². The smallest absolute Gasteiger partial charge is 0.0805 e. The summed E-state index contributed by atoms with van der Waals surface area (Å²) in [5.41, 5.74) is -0.135. The molecule has 0 aromatic heterocycles. The van der Waals surface area contributed by atoms with Crippen molar-refractivity contribution in [3.8, 4) is 0 Å². The van der Waals surface area contributed by atoms with Gasteiger partial charge in [-0.25, -0.2) is 0 Å². The van der Waals surface area contributed by atoms with Gasteiger partial charge >= 0.3 is 0 Å². The van der Waals surface area contributed by atoms with Crippen LogP contribution >= 0.6 is 0 Å². The third kappa shape index (κ3) is 3.03. The lowest BCUT2D eigenvalue weighted by Gasteiger charge is -2.48. The van der Waals surface area contributed by atoms with E-state index in [1.807, 2.05) is 0 Å². The normalized spacial score (nSPS) is 42.4. The number of hydrogen-bond donors (Lipinski definition) is 2. The maximum Gasteiger partial charge on any atom is 0.0805 e. The summed E-state index contributed by atoms with van der Waals surface area (Å²) in [6, 6.07) is 0.334. The van der Waals surface area contributed by atoms with Crippen molar-refractivity contribution in [2.75, 3.05) is 6.54 Å². The second-order valence-corrected chi connectivity index (χ2v) is 7.10. The average molecular weight is 239 g/mol. The van der Waals surface area contributed by atoms with Crippen LogP contribution in [0.3, 0.4) is 0 Å². The average Bonchev–Trinajstić information content (AvgIpc) is 2.27. The van der Waals surface area contributed by atoms with Gasteiger partial charge in [0.25, 0.3) is 0 Å². The Morgan fingerprint density at radius 2 is 2.06 bits per heavy atom. The quantitative estimate of drug-likeness (QED) is 0.776. The van der Waals surface area contributed by atoms with E-state index in [0.29, 0.717) is 11.5 Å². The molecule has 0 bridgehead atoms. The molecule has 100 valence electrons. The molecule has 0 radical (unpaired) electrons. The zero-order valence-electron chi connectivity index (χ0n) is 11.8. The zero-order valence-corrected chi connectivity index (χ0v) is 11.8. The van der Waals surface area contributed by atoms with Crippen molar-refractivity contribution >= 4 is 0 Å². The van der Waals surface area contributed by atoms with Gasteiger partial charge in [0.15, 0.2) is 0 Å². The summed E-state index contributed by atoms with van der Waals surface area (Å²) >= 11 is 0. The number of rotatable bonds is 2. The van der Waals surface area contributed by atoms with Gasteiger partial charge in [-0.15, -0.1) is 0 Å². The summed E-state index contributed by atoms with van der Waals surface area (Å²) in [6.45, 7) is 7.97. The minimum atomic E-state index is -0.449. The van der Waals surface area contributed by atoms with Crippen molar-refractivity contribution in [3.05, 3.63) is 0 Å². The van der Waals surface area contributed by atoms with Crippen molar-refractivity contribution in [1.29, 1.82) is 0 Å². The molecule has 0 aromatic carbocycles. The van der Waals surface area contributed by atoms with E-state index in [1.165, 1.54) is 32.1 Å². The fourth-order valence-corrected chi connectivity index (χ4v) is 3.95. The molecule has 2 N–H and O–H groups in total. The Kier molecular flexibility index (Phi) is 3.84. The van der Waals surface area contributed by atoms with Gasteiger partial charge in [-0.1, -0.05) is 27.2 Å².